The number of amides is 2. The van der Waals surface area contributed by atoms with Crippen LogP contribution < -0.4 is 4.90 Å². The molecule has 0 radical (unpaired) electrons. The maximum atomic E-state index is 12.5. The lowest BCUT2D eigenvalue weighted by Gasteiger charge is -2.12. The van der Waals surface area contributed by atoms with Gasteiger partial charge < -0.3 is 0 Å². The molecule has 1 fully saturated rings. The summed E-state index contributed by atoms with van der Waals surface area (Å²) >= 11 is 0.984. The fourth-order valence-corrected chi connectivity index (χ4v) is 3.23. The zero-order valence-electron chi connectivity index (χ0n) is 13.1. The second-order valence-electron chi connectivity index (χ2n) is 5.45. The molecular weight excluding hydrogens is 306 g/mol. The van der Waals surface area contributed by atoms with Crippen LogP contribution in [0.25, 0.3) is 6.08 Å². The van der Waals surface area contributed by atoms with Crippen molar-refractivity contribution < 1.29 is 9.59 Å². The summed E-state index contributed by atoms with van der Waals surface area (Å²) in [5.41, 5.74) is 3.88. The predicted octanol–water partition coefficient (Wildman–Crippen LogP) is 4.80. The Morgan fingerprint density at radius 1 is 1.00 bits per heavy atom. The average Bonchev–Trinajstić information content (AvgIpc) is 2.83. The summed E-state index contributed by atoms with van der Waals surface area (Å²) in [6, 6.07) is 15.4. The molecule has 0 saturated carbocycles. The first kappa shape index (κ1) is 15.6. The molecule has 0 bridgehead atoms. The van der Waals surface area contributed by atoms with Crippen molar-refractivity contribution >= 4 is 34.7 Å². The van der Waals surface area contributed by atoms with Crippen LogP contribution in [0.1, 0.15) is 23.6 Å². The van der Waals surface area contributed by atoms with Gasteiger partial charge in [0.25, 0.3) is 11.1 Å². The van der Waals surface area contributed by atoms with Gasteiger partial charge in [0.1, 0.15) is 0 Å². The predicted molar refractivity (Wildman–Crippen MR) is 95.4 cm³/mol. The van der Waals surface area contributed by atoms with Crippen LogP contribution in [0.15, 0.2) is 53.4 Å². The van der Waals surface area contributed by atoms with Crippen LogP contribution in [-0.4, -0.2) is 11.1 Å². The topological polar surface area (TPSA) is 37.4 Å². The highest BCUT2D eigenvalue weighted by Gasteiger charge is 2.36. The Kier molecular flexibility index (Phi) is 4.35. The average molecular weight is 323 g/mol. The minimum atomic E-state index is -0.261. The zero-order chi connectivity index (χ0) is 16.4. The second-order valence-corrected chi connectivity index (χ2v) is 6.44. The van der Waals surface area contributed by atoms with Crippen molar-refractivity contribution in [2.45, 2.75) is 20.3 Å². The quantitative estimate of drug-likeness (QED) is 0.762. The van der Waals surface area contributed by atoms with Crippen molar-refractivity contribution in [3.8, 4) is 0 Å². The lowest BCUT2D eigenvalue weighted by molar-refractivity contribution is -0.113. The van der Waals surface area contributed by atoms with Gasteiger partial charge >= 0.3 is 0 Å². The number of thioether (sulfide) groups is 1. The van der Waals surface area contributed by atoms with E-state index >= 15 is 0 Å². The molecule has 0 unspecified atom stereocenters. The standard InChI is InChI=1S/C19H17NO2S/c1-3-14-6-8-15(9-7-14)12-17-18(21)20(19(22)23-17)16-10-4-13(2)5-11-16/h4-12H,3H2,1-2H3/b17-12-. The number of benzene rings is 2. The number of imide groups is 1. The van der Waals surface area contributed by atoms with E-state index in [2.05, 4.69) is 6.92 Å². The zero-order valence-corrected chi connectivity index (χ0v) is 13.9. The number of rotatable bonds is 3. The van der Waals surface area contributed by atoms with Gasteiger partial charge in [0.15, 0.2) is 0 Å². The molecule has 0 atom stereocenters. The molecule has 0 aliphatic carbocycles. The highest BCUT2D eigenvalue weighted by molar-refractivity contribution is 8.19. The summed E-state index contributed by atoms with van der Waals surface area (Å²) in [5.74, 6) is -0.261. The van der Waals surface area contributed by atoms with Gasteiger partial charge in [0.2, 0.25) is 0 Å². The molecular formula is C19H17NO2S. The minimum Gasteiger partial charge on any atom is -0.268 e. The molecule has 2 aromatic rings. The fraction of sp³-hybridized carbons (Fsp3) is 0.158. The smallest absolute Gasteiger partial charge is 0.268 e. The molecule has 0 spiro atoms. The van der Waals surface area contributed by atoms with Crippen molar-refractivity contribution in [2.24, 2.45) is 0 Å². The summed E-state index contributed by atoms with van der Waals surface area (Å²) in [7, 11) is 0. The third-order valence-corrected chi connectivity index (χ3v) is 4.64. The molecule has 4 heteroatoms. The van der Waals surface area contributed by atoms with E-state index in [4.69, 9.17) is 0 Å². The van der Waals surface area contributed by atoms with E-state index in [0.717, 1.165) is 29.3 Å². The van der Waals surface area contributed by atoms with Gasteiger partial charge in [0.05, 0.1) is 10.6 Å². The monoisotopic (exact) mass is 323 g/mol. The Morgan fingerprint density at radius 3 is 2.26 bits per heavy atom. The van der Waals surface area contributed by atoms with Crippen LogP contribution in [0, 0.1) is 6.92 Å². The molecule has 23 heavy (non-hydrogen) atoms. The maximum absolute atomic E-state index is 12.5. The highest BCUT2D eigenvalue weighted by Crippen LogP contribution is 2.35. The third kappa shape index (κ3) is 3.22. The van der Waals surface area contributed by atoms with Gasteiger partial charge in [0, 0.05) is 0 Å². The number of nitrogens with zero attached hydrogens (tertiary/aromatic N) is 1. The molecule has 2 amide bonds. The Morgan fingerprint density at radius 2 is 1.65 bits per heavy atom. The van der Waals surface area contributed by atoms with E-state index < -0.39 is 0 Å². The molecule has 3 rings (SSSR count). The fourth-order valence-electron chi connectivity index (χ4n) is 2.39. The molecule has 1 heterocycles. The van der Waals surface area contributed by atoms with Gasteiger partial charge in [-0.25, -0.2) is 4.90 Å². The summed E-state index contributed by atoms with van der Waals surface area (Å²) < 4.78 is 0. The van der Waals surface area contributed by atoms with E-state index in [1.165, 1.54) is 10.5 Å². The number of carbonyl (C=O) groups excluding carboxylic acids is 2. The van der Waals surface area contributed by atoms with E-state index in [1.54, 1.807) is 18.2 Å². The molecule has 0 aromatic heterocycles. The van der Waals surface area contributed by atoms with E-state index in [9.17, 15) is 9.59 Å². The third-order valence-electron chi connectivity index (χ3n) is 3.77. The van der Waals surface area contributed by atoms with Crippen LogP contribution in [0.4, 0.5) is 10.5 Å². The van der Waals surface area contributed by atoms with Gasteiger partial charge in [-0.3, -0.25) is 9.59 Å². The van der Waals surface area contributed by atoms with Crippen molar-refractivity contribution in [3.05, 3.63) is 70.1 Å². The molecule has 1 aliphatic rings. The summed E-state index contributed by atoms with van der Waals surface area (Å²) in [5, 5.41) is -0.254. The number of aryl methyl sites for hydroxylation is 2. The van der Waals surface area contributed by atoms with Crippen LogP contribution in [0.3, 0.4) is 0 Å². The summed E-state index contributed by atoms with van der Waals surface area (Å²) in [4.78, 5) is 26.4. The van der Waals surface area contributed by atoms with Gasteiger partial charge in [-0.2, -0.15) is 0 Å². The van der Waals surface area contributed by atoms with Crippen molar-refractivity contribution in [1.82, 2.24) is 0 Å². The molecule has 3 nitrogen and oxygen atoms in total. The number of hydrogen-bond acceptors (Lipinski definition) is 3. The van der Waals surface area contributed by atoms with E-state index in [-0.39, 0.29) is 11.1 Å². The highest BCUT2D eigenvalue weighted by atomic mass is 32.2. The Bertz CT molecular complexity index is 776. The molecule has 2 aromatic carbocycles. The summed E-state index contributed by atoms with van der Waals surface area (Å²) in [6.07, 6.45) is 2.75. The Balaban J connectivity index is 1.88. The van der Waals surface area contributed by atoms with E-state index in [0.29, 0.717) is 10.6 Å². The van der Waals surface area contributed by atoms with Gasteiger partial charge in [-0.1, -0.05) is 48.9 Å². The first-order chi connectivity index (χ1) is 11.1. The second kappa shape index (κ2) is 6.42. The number of carbonyl (C=O) groups is 2. The first-order valence-electron chi connectivity index (χ1n) is 7.52. The number of anilines is 1. The first-order valence-corrected chi connectivity index (χ1v) is 8.33. The lowest BCUT2D eigenvalue weighted by Crippen LogP contribution is -2.27. The van der Waals surface area contributed by atoms with E-state index in [1.807, 2.05) is 43.3 Å². The van der Waals surface area contributed by atoms with Crippen molar-refractivity contribution in [3.63, 3.8) is 0 Å². The van der Waals surface area contributed by atoms with Crippen LogP contribution in [-0.2, 0) is 11.2 Å². The molecule has 1 saturated heterocycles. The maximum Gasteiger partial charge on any atom is 0.298 e. The molecule has 0 N–H and O–H groups in total. The molecule has 116 valence electrons. The van der Waals surface area contributed by atoms with Crippen LogP contribution in [0.5, 0.6) is 0 Å². The van der Waals surface area contributed by atoms with Crippen LogP contribution in [0.2, 0.25) is 0 Å². The lowest BCUT2D eigenvalue weighted by atomic mass is 10.1. The van der Waals surface area contributed by atoms with Crippen molar-refractivity contribution in [2.75, 3.05) is 4.90 Å². The molecule has 1 aliphatic heterocycles. The van der Waals surface area contributed by atoms with Crippen molar-refractivity contribution in [1.29, 1.82) is 0 Å². The Hall–Kier alpha value is -2.33. The normalized spacial score (nSPS) is 16.4. The minimum absolute atomic E-state index is 0.254. The van der Waals surface area contributed by atoms with Crippen LogP contribution >= 0.6 is 11.8 Å². The Labute approximate surface area is 140 Å². The summed E-state index contributed by atoms with van der Waals surface area (Å²) in [6.45, 7) is 4.07. The SMILES string of the molecule is CCc1ccc(/C=C2\SC(=O)N(c3ccc(C)cc3)C2=O)cc1. The largest absolute Gasteiger partial charge is 0.298 e. The van der Waals surface area contributed by atoms with Gasteiger partial charge in [-0.15, -0.1) is 0 Å². The number of hydrogen-bond donors (Lipinski definition) is 0. The van der Waals surface area contributed by atoms with Gasteiger partial charge in [-0.05, 0) is 54.4 Å².